The van der Waals surface area contributed by atoms with Crippen molar-refractivity contribution in [3.05, 3.63) is 74.6 Å². The lowest BCUT2D eigenvalue weighted by Gasteiger charge is -2.16. The number of hydrogen-bond acceptors (Lipinski definition) is 4. The topological polar surface area (TPSA) is 24.9 Å². The molecule has 1 aromatic carbocycles. The molecule has 0 aliphatic carbocycles. The number of rotatable bonds is 6. The van der Waals surface area contributed by atoms with Gasteiger partial charge in [-0.05, 0) is 17.5 Å². The molecule has 0 amide bonds. The standard InChI is InChI=1S/C16H15FN2S2/c17-14-6-2-1-4-12(14)11-19-15(16-18-7-9-21-16)10-13-5-3-8-20-13/h1-9,15,19H,10-11H2/t15-/m0/s1. The van der Waals surface area contributed by atoms with Crippen LogP contribution in [0.4, 0.5) is 4.39 Å². The SMILES string of the molecule is Fc1ccccc1CN[C@@H](Cc1cccs1)c1nccs1. The van der Waals surface area contributed by atoms with Gasteiger partial charge in [-0.25, -0.2) is 9.37 Å². The molecular formula is C16H15FN2S2. The Labute approximate surface area is 131 Å². The van der Waals surface area contributed by atoms with Crippen molar-refractivity contribution in [3.8, 4) is 0 Å². The van der Waals surface area contributed by atoms with Crippen molar-refractivity contribution in [2.45, 2.75) is 19.0 Å². The number of thiazole rings is 1. The van der Waals surface area contributed by atoms with Crippen molar-refractivity contribution in [2.75, 3.05) is 0 Å². The van der Waals surface area contributed by atoms with Gasteiger partial charge >= 0.3 is 0 Å². The lowest BCUT2D eigenvalue weighted by atomic mass is 10.1. The Balaban J connectivity index is 1.72. The molecule has 2 heterocycles. The summed E-state index contributed by atoms with van der Waals surface area (Å²) >= 11 is 3.37. The van der Waals surface area contributed by atoms with E-state index in [9.17, 15) is 4.39 Å². The molecule has 1 N–H and O–H groups in total. The van der Waals surface area contributed by atoms with Crippen LogP contribution in [0, 0.1) is 5.82 Å². The molecule has 3 aromatic rings. The van der Waals surface area contributed by atoms with Crippen LogP contribution in [-0.4, -0.2) is 4.98 Å². The van der Waals surface area contributed by atoms with Crippen LogP contribution >= 0.6 is 22.7 Å². The van der Waals surface area contributed by atoms with Gasteiger partial charge in [0.2, 0.25) is 0 Å². The molecule has 0 spiro atoms. The van der Waals surface area contributed by atoms with Crippen molar-refractivity contribution < 1.29 is 4.39 Å². The molecule has 2 aromatic heterocycles. The van der Waals surface area contributed by atoms with E-state index in [2.05, 4.69) is 27.8 Å². The first-order chi connectivity index (χ1) is 10.3. The molecule has 0 aliphatic heterocycles. The van der Waals surface area contributed by atoms with E-state index in [1.165, 1.54) is 10.9 Å². The van der Waals surface area contributed by atoms with Gasteiger partial charge in [-0.3, -0.25) is 0 Å². The number of benzene rings is 1. The van der Waals surface area contributed by atoms with E-state index >= 15 is 0 Å². The van der Waals surface area contributed by atoms with Crippen molar-refractivity contribution in [1.29, 1.82) is 0 Å². The average molecular weight is 318 g/mol. The lowest BCUT2D eigenvalue weighted by molar-refractivity contribution is 0.514. The van der Waals surface area contributed by atoms with Crippen LogP contribution in [0.15, 0.2) is 53.4 Å². The van der Waals surface area contributed by atoms with Gasteiger partial charge in [0.05, 0.1) is 6.04 Å². The molecule has 1 atom stereocenters. The van der Waals surface area contributed by atoms with E-state index in [4.69, 9.17) is 0 Å². The fourth-order valence-electron chi connectivity index (χ4n) is 2.16. The number of halogens is 1. The molecule has 21 heavy (non-hydrogen) atoms. The monoisotopic (exact) mass is 318 g/mol. The van der Waals surface area contributed by atoms with Crippen molar-refractivity contribution in [1.82, 2.24) is 10.3 Å². The van der Waals surface area contributed by atoms with Gasteiger partial charge in [-0.2, -0.15) is 0 Å². The van der Waals surface area contributed by atoms with Crippen LogP contribution in [-0.2, 0) is 13.0 Å². The van der Waals surface area contributed by atoms with Crippen LogP contribution in [0.25, 0.3) is 0 Å². The number of nitrogens with one attached hydrogen (secondary N) is 1. The molecule has 0 saturated heterocycles. The normalized spacial score (nSPS) is 12.4. The first kappa shape index (κ1) is 14.4. The number of nitrogens with zero attached hydrogens (tertiary/aromatic N) is 1. The smallest absolute Gasteiger partial charge is 0.127 e. The second-order valence-electron chi connectivity index (χ2n) is 4.68. The van der Waals surface area contributed by atoms with Crippen LogP contribution in [0.1, 0.15) is 21.5 Å². The second-order valence-corrected chi connectivity index (χ2v) is 6.64. The summed E-state index contributed by atoms with van der Waals surface area (Å²) in [5.41, 5.74) is 0.685. The minimum atomic E-state index is -0.168. The highest BCUT2D eigenvalue weighted by atomic mass is 32.1. The molecule has 0 aliphatic rings. The molecule has 3 rings (SSSR count). The maximum atomic E-state index is 13.7. The van der Waals surface area contributed by atoms with Gasteiger partial charge in [0.25, 0.3) is 0 Å². The molecule has 2 nitrogen and oxygen atoms in total. The Morgan fingerprint density at radius 2 is 2.00 bits per heavy atom. The summed E-state index contributed by atoms with van der Waals surface area (Å²) in [5.74, 6) is -0.168. The summed E-state index contributed by atoms with van der Waals surface area (Å²) in [5, 5.41) is 8.52. The summed E-state index contributed by atoms with van der Waals surface area (Å²) in [7, 11) is 0. The molecule has 0 bridgehead atoms. The zero-order chi connectivity index (χ0) is 14.5. The molecule has 0 unspecified atom stereocenters. The zero-order valence-electron chi connectivity index (χ0n) is 11.3. The average Bonchev–Trinajstić information content (AvgIpc) is 3.18. The van der Waals surface area contributed by atoms with Crippen LogP contribution in [0.2, 0.25) is 0 Å². The molecule has 0 fully saturated rings. The lowest BCUT2D eigenvalue weighted by Crippen LogP contribution is -2.23. The summed E-state index contributed by atoms with van der Waals surface area (Å²) < 4.78 is 13.7. The minimum Gasteiger partial charge on any atom is -0.303 e. The van der Waals surface area contributed by atoms with Gasteiger partial charge in [0, 0.05) is 35.0 Å². The van der Waals surface area contributed by atoms with E-state index in [0.29, 0.717) is 12.1 Å². The van der Waals surface area contributed by atoms with Gasteiger partial charge in [-0.15, -0.1) is 22.7 Å². The minimum absolute atomic E-state index is 0.114. The Kier molecular flexibility index (Phi) is 4.75. The van der Waals surface area contributed by atoms with Gasteiger partial charge in [0.15, 0.2) is 0 Å². The highest BCUT2D eigenvalue weighted by Crippen LogP contribution is 2.23. The fourth-order valence-corrected chi connectivity index (χ4v) is 3.62. The van der Waals surface area contributed by atoms with Crippen molar-refractivity contribution in [2.24, 2.45) is 0 Å². The van der Waals surface area contributed by atoms with Crippen LogP contribution in [0.5, 0.6) is 0 Å². The van der Waals surface area contributed by atoms with E-state index in [-0.39, 0.29) is 11.9 Å². The second kappa shape index (κ2) is 6.93. The highest BCUT2D eigenvalue weighted by Gasteiger charge is 2.15. The molecule has 0 radical (unpaired) electrons. The Bertz CT molecular complexity index is 665. The van der Waals surface area contributed by atoms with Gasteiger partial charge in [-0.1, -0.05) is 24.3 Å². The summed E-state index contributed by atoms with van der Waals surface area (Å²) in [6, 6.07) is 11.2. The molecule has 108 valence electrons. The van der Waals surface area contributed by atoms with Gasteiger partial charge < -0.3 is 5.32 Å². The zero-order valence-corrected chi connectivity index (χ0v) is 13.0. The van der Waals surface area contributed by atoms with E-state index in [1.807, 2.05) is 23.7 Å². The predicted molar refractivity (Wildman–Crippen MR) is 86.1 cm³/mol. The summed E-state index contributed by atoms with van der Waals surface area (Å²) in [6.45, 7) is 0.502. The summed E-state index contributed by atoms with van der Waals surface area (Å²) in [6.07, 6.45) is 2.69. The van der Waals surface area contributed by atoms with Crippen LogP contribution < -0.4 is 5.32 Å². The number of hydrogen-bond donors (Lipinski definition) is 1. The van der Waals surface area contributed by atoms with Crippen molar-refractivity contribution in [3.63, 3.8) is 0 Å². The number of aromatic nitrogens is 1. The largest absolute Gasteiger partial charge is 0.303 e. The first-order valence-corrected chi connectivity index (χ1v) is 8.47. The third kappa shape index (κ3) is 3.75. The Hall–Kier alpha value is -1.56. The molecule has 0 saturated carbocycles. The third-order valence-corrected chi connectivity index (χ3v) is 5.02. The highest BCUT2D eigenvalue weighted by molar-refractivity contribution is 7.10. The maximum Gasteiger partial charge on any atom is 0.127 e. The van der Waals surface area contributed by atoms with Crippen molar-refractivity contribution >= 4 is 22.7 Å². The summed E-state index contributed by atoms with van der Waals surface area (Å²) in [4.78, 5) is 5.70. The molecular weight excluding hydrogens is 303 g/mol. The fraction of sp³-hybridized carbons (Fsp3) is 0.188. The predicted octanol–water partition coefficient (Wildman–Crippen LogP) is 4.42. The number of thiophene rings is 1. The van der Waals surface area contributed by atoms with E-state index < -0.39 is 0 Å². The Morgan fingerprint density at radius 1 is 1.10 bits per heavy atom. The maximum absolute atomic E-state index is 13.7. The molecule has 5 heteroatoms. The van der Waals surface area contributed by atoms with E-state index in [1.54, 1.807) is 28.7 Å². The van der Waals surface area contributed by atoms with Gasteiger partial charge in [0.1, 0.15) is 10.8 Å². The van der Waals surface area contributed by atoms with E-state index in [0.717, 1.165) is 11.4 Å². The Morgan fingerprint density at radius 3 is 2.71 bits per heavy atom. The first-order valence-electron chi connectivity index (χ1n) is 6.71. The third-order valence-electron chi connectivity index (χ3n) is 3.23. The quantitative estimate of drug-likeness (QED) is 0.728. The van der Waals surface area contributed by atoms with Crippen LogP contribution in [0.3, 0.4) is 0 Å².